The maximum Gasteiger partial charge on any atom is 0.223 e. The summed E-state index contributed by atoms with van der Waals surface area (Å²) >= 11 is 0. The van der Waals surface area contributed by atoms with Gasteiger partial charge in [-0.1, -0.05) is 0 Å². The third-order valence-corrected chi connectivity index (χ3v) is 5.90. The number of rotatable bonds is 3. The van der Waals surface area contributed by atoms with E-state index in [4.69, 9.17) is 5.73 Å². The molecule has 0 saturated heterocycles. The molecular formula is C14H20N2O3S. The first-order valence-corrected chi connectivity index (χ1v) is 8.27. The number of hydrogen-bond acceptors (Lipinski definition) is 4. The first-order chi connectivity index (χ1) is 9.37. The summed E-state index contributed by atoms with van der Waals surface area (Å²) in [6, 6.07) is 4.99. The topological polar surface area (TPSA) is 80.5 Å². The van der Waals surface area contributed by atoms with E-state index in [2.05, 4.69) is 0 Å². The highest BCUT2D eigenvalue weighted by Gasteiger charge is 2.25. The van der Waals surface area contributed by atoms with Gasteiger partial charge in [-0.3, -0.25) is 4.79 Å². The van der Waals surface area contributed by atoms with Crippen molar-refractivity contribution in [1.82, 2.24) is 0 Å². The van der Waals surface area contributed by atoms with Crippen LogP contribution in [0.15, 0.2) is 23.1 Å². The Labute approximate surface area is 119 Å². The highest BCUT2D eigenvalue weighted by molar-refractivity contribution is 7.92. The van der Waals surface area contributed by atoms with Crippen LogP contribution in [0.3, 0.4) is 0 Å². The standard InChI is InChI=1S/C14H20N2O3S/c1-10(9-15)20(18,19)13-5-6-14-12(8-13)4-3-7-16(14)11(2)17/h5-6,8,10H,3-4,7,9,15H2,1-2H3. The minimum absolute atomic E-state index is 0.0168. The van der Waals surface area contributed by atoms with E-state index >= 15 is 0 Å². The van der Waals surface area contributed by atoms with Crippen molar-refractivity contribution in [3.05, 3.63) is 23.8 Å². The third-order valence-electron chi connectivity index (χ3n) is 3.74. The molecule has 1 unspecified atom stereocenters. The van der Waals surface area contributed by atoms with Crippen molar-refractivity contribution in [3.63, 3.8) is 0 Å². The van der Waals surface area contributed by atoms with Gasteiger partial charge in [-0.05, 0) is 43.5 Å². The number of carbonyl (C=O) groups excluding carboxylic acids is 1. The fraction of sp³-hybridized carbons (Fsp3) is 0.500. The van der Waals surface area contributed by atoms with E-state index < -0.39 is 15.1 Å². The maximum absolute atomic E-state index is 12.3. The predicted octanol–water partition coefficient (Wildman–Crippen LogP) is 1.11. The average molecular weight is 296 g/mol. The lowest BCUT2D eigenvalue weighted by Crippen LogP contribution is -2.33. The van der Waals surface area contributed by atoms with Gasteiger partial charge in [-0.25, -0.2) is 8.42 Å². The minimum Gasteiger partial charge on any atom is -0.329 e. The van der Waals surface area contributed by atoms with Gasteiger partial charge in [0.05, 0.1) is 10.1 Å². The second-order valence-electron chi connectivity index (χ2n) is 5.16. The summed E-state index contributed by atoms with van der Waals surface area (Å²) in [6.45, 7) is 3.92. The summed E-state index contributed by atoms with van der Waals surface area (Å²) in [4.78, 5) is 13.6. The number of sulfone groups is 1. The summed E-state index contributed by atoms with van der Waals surface area (Å²) in [6.07, 6.45) is 1.64. The summed E-state index contributed by atoms with van der Waals surface area (Å²) in [5, 5.41) is -0.604. The number of hydrogen-bond donors (Lipinski definition) is 1. The Kier molecular flexibility index (Phi) is 4.15. The monoisotopic (exact) mass is 296 g/mol. The SMILES string of the molecule is CC(=O)N1CCCc2cc(S(=O)(=O)C(C)CN)ccc21. The second kappa shape index (κ2) is 5.54. The van der Waals surface area contributed by atoms with Crippen molar-refractivity contribution < 1.29 is 13.2 Å². The number of nitrogens with two attached hydrogens (primary N) is 1. The quantitative estimate of drug-likeness (QED) is 0.906. The van der Waals surface area contributed by atoms with Crippen molar-refractivity contribution >= 4 is 21.4 Å². The predicted molar refractivity (Wildman–Crippen MR) is 78.5 cm³/mol. The molecule has 20 heavy (non-hydrogen) atoms. The molecular weight excluding hydrogens is 276 g/mol. The first-order valence-electron chi connectivity index (χ1n) is 6.73. The Bertz CT molecular complexity index is 625. The molecule has 110 valence electrons. The Morgan fingerprint density at radius 3 is 2.75 bits per heavy atom. The van der Waals surface area contributed by atoms with Crippen LogP contribution in [0.2, 0.25) is 0 Å². The van der Waals surface area contributed by atoms with Crippen molar-refractivity contribution in [1.29, 1.82) is 0 Å². The van der Waals surface area contributed by atoms with Gasteiger partial charge in [0.2, 0.25) is 5.91 Å². The average Bonchev–Trinajstić information content (AvgIpc) is 2.44. The summed E-state index contributed by atoms with van der Waals surface area (Å²) in [5.74, 6) is -0.0168. The fourth-order valence-electron chi connectivity index (χ4n) is 2.44. The Hall–Kier alpha value is -1.40. The largest absolute Gasteiger partial charge is 0.329 e. The van der Waals surface area contributed by atoms with Gasteiger partial charge in [0.1, 0.15) is 0 Å². The van der Waals surface area contributed by atoms with Gasteiger partial charge in [0, 0.05) is 25.7 Å². The zero-order chi connectivity index (χ0) is 14.9. The molecule has 1 heterocycles. The van der Waals surface area contributed by atoms with Crippen LogP contribution in [-0.4, -0.2) is 32.7 Å². The van der Waals surface area contributed by atoms with Gasteiger partial charge >= 0.3 is 0 Å². The first kappa shape index (κ1) is 15.0. The van der Waals surface area contributed by atoms with Crippen molar-refractivity contribution in [2.75, 3.05) is 18.0 Å². The van der Waals surface area contributed by atoms with Gasteiger partial charge < -0.3 is 10.6 Å². The van der Waals surface area contributed by atoms with Crippen LogP contribution in [-0.2, 0) is 21.1 Å². The number of nitrogens with zero attached hydrogens (tertiary/aromatic N) is 1. The molecule has 1 aliphatic heterocycles. The summed E-state index contributed by atoms with van der Waals surface area (Å²) < 4.78 is 24.6. The Morgan fingerprint density at radius 2 is 2.15 bits per heavy atom. The maximum atomic E-state index is 12.3. The molecule has 0 spiro atoms. The Balaban J connectivity index is 2.45. The summed E-state index contributed by atoms with van der Waals surface area (Å²) in [7, 11) is -3.39. The van der Waals surface area contributed by atoms with Gasteiger partial charge in [0.15, 0.2) is 9.84 Å². The molecule has 0 aliphatic carbocycles. The zero-order valence-electron chi connectivity index (χ0n) is 11.8. The van der Waals surface area contributed by atoms with Crippen LogP contribution in [0.1, 0.15) is 25.8 Å². The van der Waals surface area contributed by atoms with Crippen LogP contribution in [0, 0.1) is 0 Å². The third kappa shape index (κ3) is 2.58. The van der Waals surface area contributed by atoms with E-state index in [1.165, 1.54) is 6.92 Å². The molecule has 2 rings (SSSR count). The molecule has 0 radical (unpaired) electrons. The van der Waals surface area contributed by atoms with E-state index in [0.717, 1.165) is 24.1 Å². The van der Waals surface area contributed by atoms with Crippen LogP contribution < -0.4 is 10.6 Å². The zero-order valence-corrected chi connectivity index (χ0v) is 12.6. The molecule has 1 aromatic rings. The number of benzene rings is 1. The van der Waals surface area contributed by atoms with Crippen LogP contribution in [0.4, 0.5) is 5.69 Å². The second-order valence-corrected chi connectivity index (χ2v) is 7.52. The number of amides is 1. The van der Waals surface area contributed by atoms with E-state index in [9.17, 15) is 13.2 Å². The molecule has 0 saturated carbocycles. The lowest BCUT2D eigenvalue weighted by Gasteiger charge is -2.29. The molecule has 1 amide bonds. The lowest BCUT2D eigenvalue weighted by atomic mass is 10.0. The fourth-order valence-corrected chi connectivity index (χ4v) is 3.72. The van der Waals surface area contributed by atoms with E-state index in [1.807, 2.05) is 0 Å². The van der Waals surface area contributed by atoms with Crippen molar-refractivity contribution in [2.24, 2.45) is 5.73 Å². The van der Waals surface area contributed by atoms with Crippen molar-refractivity contribution in [2.45, 2.75) is 36.8 Å². The number of carbonyl (C=O) groups is 1. The van der Waals surface area contributed by atoms with E-state index in [-0.39, 0.29) is 12.5 Å². The molecule has 2 N–H and O–H groups in total. The number of fused-ring (bicyclic) bond motifs is 1. The summed E-state index contributed by atoms with van der Waals surface area (Å²) in [5.41, 5.74) is 7.20. The van der Waals surface area contributed by atoms with Gasteiger partial charge in [0.25, 0.3) is 0 Å². The van der Waals surface area contributed by atoms with Gasteiger partial charge in [-0.2, -0.15) is 0 Å². The molecule has 1 atom stereocenters. The number of anilines is 1. The minimum atomic E-state index is -3.39. The normalized spacial score (nSPS) is 16.6. The lowest BCUT2D eigenvalue weighted by molar-refractivity contribution is -0.116. The molecule has 0 fully saturated rings. The van der Waals surface area contributed by atoms with E-state index in [0.29, 0.717) is 11.4 Å². The highest BCUT2D eigenvalue weighted by Crippen LogP contribution is 2.30. The van der Waals surface area contributed by atoms with Gasteiger partial charge in [-0.15, -0.1) is 0 Å². The van der Waals surface area contributed by atoms with Crippen molar-refractivity contribution in [3.8, 4) is 0 Å². The molecule has 0 aromatic heterocycles. The van der Waals surface area contributed by atoms with E-state index in [1.54, 1.807) is 30.0 Å². The molecule has 1 aliphatic rings. The molecule has 6 heteroatoms. The molecule has 1 aromatic carbocycles. The van der Waals surface area contributed by atoms with Crippen LogP contribution >= 0.6 is 0 Å². The molecule has 5 nitrogen and oxygen atoms in total. The Morgan fingerprint density at radius 1 is 1.45 bits per heavy atom. The number of aryl methyl sites for hydroxylation is 1. The van der Waals surface area contributed by atoms with Crippen LogP contribution in [0.5, 0.6) is 0 Å². The smallest absolute Gasteiger partial charge is 0.223 e. The molecule has 0 bridgehead atoms. The van der Waals surface area contributed by atoms with Crippen LogP contribution in [0.25, 0.3) is 0 Å². The highest BCUT2D eigenvalue weighted by atomic mass is 32.2.